The van der Waals surface area contributed by atoms with Crippen LogP contribution in [0.1, 0.15) is 65.1 Å². The van der Waals surface area contributed by atoms with Crippen LogP contribution in [0.3, 0.4) is 0 Å². The van der Waals surface area contributed by atoms with E-state index in [0.717, 1.165) is 23.8 Å². The van der Waals surface area contributed by atoms with Crippen molar-refractivity contribution in [3.8, 4) is 0 Å². The van der Waals surface area contributed by atoms with Crippen LogP contribution in [0.25, 0.3) is 11.0 Å². The van der Waals surface area contributed by atoms with E-state index in [4.69, 9.17) is 4.98 Å². The van der Waals surface area contributed by atoms with Gasteiger partial charge in [-0.15, -0.1) is 0 Å². The number of nitrogens with one attached hydrogen (secondary N) is 1. The summed E-state index contributed by atoms with van der Waals surface area (Å²) in [6, 6.07) is 8.29. The van der Waals surface area contributed by atoms with Crippen LogP contribution in [0.15, 0.2) is 24.3 Å². The van der Waals surface area contributed by atoms with Crippen molar-refractivity contribution in [1.29, 1.82) is 0 Å². The largest absolute Gasteiger partial charge is 0.348 e. The second kappa shape index (κ2) is 7.59. The summed E-state index contributed by atoms with van der Waals surface area (Å²) in [5, 5.41) is 3.06. The minimum absolute atomic E-state index is 0.0680. The first-order chi connectivity index (χ1) is 11.9. The summed E-state index contributed by atoms with van der Waals surface area (Å²) in [6.07, 6.45) is 8.09. The normalized spacial score (nSPS) is 16.3. The summed E-state index contributed by atoms with van der Waals surface area (Å²) in [6.45, 7) is 7.30. The number of rotatable bonds is 5. The molecular formula is C21H31N3O. The van der Waals surface area contributed by atoms with Crippen LogP contribution in [-0.2, 0) is 17.9 Å². The second-order valence-corrected chi connectivity index (χ2v) is 8.39. The third-order valence-corrected chi connectivity index (χ3v) is 5.31. The summed E-state index contributed by atoms with van der Waals surface area (Å²) < 4.78 is 2.31. The number of nitrogens with zero attached hydrogens (tertiary/aromatic N) is 2. The maximum Gasteiger partial charge on any atom is 0.225 e. The van der Waals surface area contributed by atoms with E-state index in [1.807, 2.05) is 26.8 Å². The molecular weight excluding hydrogens is 310 g/mol. The maximum atomic E-state index is 12.2. The highest BCUT2D eigenvalue weighted by atomic mass is 16.2. The first-order valence-electron chi connectivity index (χ1n) is 9.67. The van der Waals surface area contributed by atoms with Crippen LogP contribution in [0.2, 0.25) is 0 Å². The van der Waals surface area contributed by atoms with E-state index >= 15 is 0 Å². The molecule has 1 aromatic carbocycles. The van der Waals surface area contributed by atoms with Gasteiger partial charge in [0.2, 0.25) is 5.91 Å². The van der Waals surface area contributed by atoms with Gasteiger partial charge in [0.25, 0.3) is 0 Å². The van der Waals surface area contributed by atoms with Crippen LogP contribution in [0.5, 0.6) is 0 Å². The minimum Gasteiger partial charge on any atom is -0.348 e. The Bertz CT molecular complexity index is 720. The molecule has 0 atom stereocenters. The van der Waals surface area contributed by atoms with E-state index in [-0.39, 0.29) is 11.3 Å². The lowest BCUT2D eigenvalue weighted by Gasteiger charge is -2.22. The molecule has 0 unspecified atom stereocenters. The number of aromatic nitrogens is 2. The zero-order valence-electron chi connectivity index (χ0n) is 15.8. The molecule has 1 fully saturated rings. The van der Waals surface area contributed by atoms with Crippen LogP contribution in [0.4, 0.5) is 0 Å². The Balaban J connectivity index is 1.75. The monoisotopic (exact) mass is 341 g/mol. The first kappa shape index (κ1) is 18.0. The predicted octanol–water partition coefficient (Wildman–Crippen LogP) is 4.67. The zero-order chi connectivity index (χ0) is 17.9. The lowest BCUT2D eigenvalue weighted by Crippen LogP contribution is -2.35. The number of carbonyl (C=O) groups excluding carboxylic acids is 1. The van der Waals surface area contributed by atoms with E-state index in [1.165, 1.54) is 44.0 Å². The van der Waals surface area contributed by atoms with Gasteiger partial charge in [-0.25, -0.2) is 4.98 Å². The number of hydrogen-bond acceptors (Lipinski definition) is 2. The molecule has 0 spiro atoms. The summed E-state index contributed by atoms with van der Waals surface area (Å²) in [5.74, 6) is 1.87. The molecule has 25 heavy (non-hydrogen) atoms. The fourth-order valence-corrected chi connectivity index (χ4v) is 3.72. The standard InChI is InChI=1S/C21H31N3O/c1-21(2,3)20(25)22-15-19-23-17-11-7-8-12-18(17)24(19)14-13-16-9-5-4-6-10-16/h7-8,11-12,16H,4-6,9-10,13-15H2,1-3H3,(H,22,25). The van der Waals surface area contributed by atoms with Gasteiger partial charge in [0, 0.05) is 12.0 Å². The smallest absolute Gasteiger partial charge is 0.225 e. The zero-order valence-corrected chi connectivity index (χ0v) is 15.8. The Labute approximate surface area is 151 Å². The van der Waals surface area contributed by atoms with Crippen molar-refractivity contribution in [3.05, 3.63) is 30.1 Å². The van der Waals surface area contributed by atoms with Crippen LogP contribution in [-0.4, -0.2) is 15.5 Å². The quantitative estimate of drug-likeness (QED) is 0.859. The molecule has 1 aliphatic rings. The van der Waals surface area contributed by atoms with Crippen molar-refractivity contribution in [3.63, 3.8) is 0 Å². The number of fused-ring (bicyclic) bond motifs is 1. The van der Waals surface area contributed by atoms with Gasteiger partial charge in [0.1, 0.15) is 5.82 Å². The first-order valence-corrected chi connectivity index (χ1v) is 9.67. The summed E-state index contributed by atoms with van der Waals surface area (Å²) in [4.78, 5) is 17.0. The SMILES string of the molecule is CC(C)(C)C(=O)NCc1nc2ccccc2n1CCC1CCCCC1. The van der Waals surface area contributed by atoms with Gasteiger partial charge >= 0.3 is 0 Å². The Morgan fingerprint density at radius 1 is 1.20 bits per heavy atom. The lowest BCUT2D eigenvalue weighted by molar-refractivity contribution is -0.128. The van der Waals surface area contributed by atoms with Gasteiger partial charge in [0.05, 0.1) is 17.6 Å². The van der Waals surface area contributed by atoms with Crippen molar-refractivity contribution in [2.75, 3.05) is 0 Å². The van der Waals surface area contributed by atoms with E-state index in [2.05, 4.69) is 28.1 Å². The van der Waals surface area contributed by atoms with Crippen molar-refractivity contribution in [2.45, 2.75) is 72.4 Å². The van der Waals surface area contributed by atoms with E-state index in [0.29, 0.717) is 6.54 Å². The number of carbonyl (C=O) groups is 1. The summed E-state index contributed by atoms with van der Waals surface area (Å²) >= 11 is 0. The number of imidazole rings is 1. The molecule has 1 amide bonds. The molecule has 4 nitrogen and oxygen atoms in total. The fourth-order valence-electron chi connectivity index (χ4n) is 3.72. The van der Waals surface area contributed by atoms with Crippen LogP contribution < -0.4 is 5.32 Å². The highest BCUT2D eigenvalue weighted by Gasteiger charge is 2.22. The van der Waals surface area contributed by atoms with Crippen LogP contribution in [0, 0.1) is 11.3 Å². The minimum atomic E-state index is -0.376. The van der Waals surface area contributed by atoms with Gasteiger partial charge in [-0.2, -0.15) is 0 Å². The molecule has 2 aromatic rings. The Hall–Kier alpha value is -1.84. The highest BCUT2D eigenvalue weighted by molar-refractivity contribution is 5.81. The predicted molar refractivity (Wildman–Crippen MR) is 102 cm³/mol. The Kier molecular flexibility index (Phi) is 5.45. The van der Waals surface area contributed by atoms with Gasteiger partial charge in [0.15, 0.2) is 0 Å². The molecule has 4 heteroatoms. The Morgan fingerprint density at radius 2 is 1.92 bits per heavy atom. The number of amides is 1. The molecule has 0 bridgehead atoms. The van der Waals surface area contributed by atoms with E-state index < -0.39 is 0 Å². The number of benzene rings is 1. The molecule has 0 aliphatic heterocycles. The Morgan fingerprint density at radius 3 is 2.64 bits per heavy atom. The van der Waals surface area contributed by atoms with Gasteiger partial charge in [-0.1, -0.05) is 65.0 Å². The molecule has 1 heterocycles. The summed E-state index contributed by atoms with van der Waals surface area (Å²) in [7, 11) is 0. The number of aryl methyl sites for hydroxylation is 1. The number of para-hydroxylation sites is 2. The molecule has 1 aromatic heterocycles. The third kappa shape index (κ3) is 4.42. The summed E-state index contributed by atoms with van der Waals surface area (Å²) in [5.41, 5.74) is 1.82. The van der Waals surface area contributed by atoms with Crippen molar-refractivity contribution < 1.29 is 4.79 Å². The molecule has 0 radical (unpaired) electrons. The van der Waals surface area contributed by atoms with Gasteiger partial charge in [-0.05, 0) is 24.5 Å². The van der Waals surface area contributed by atoms with Gasteiger partial charge < -0.3 is 9.88 Å². The van der Waals surface area contributed by atoms with Crippen molar-refractivity contribution in [1.82, 2.24) is 14.9 Å². The van der Waals surface area contributed by atoms with Gasteiger partial charge in [-0.3, -0.25) is 4.79 Å². The second-order valence-electron chi connectivity index (χ2n) is 8.39. The molecule has 1 N–H and O–H groups in total. The average Bonchev–Trinajstić information content (AvgIpc) is 2.95. The molecule has 0 saturated heterocycles. The molecule has 3 rings (SSSR count). The average molecular weight is 341 g/mol. The molecule has 1 aliphatic carbocycles. The van der Waals surface area contributed by atoms with Crippen molar-refractivity contribution in [2.24, 2.45) is 11.3 Å². The lowest BCUT2D eigenvalue weighted by atomic mass is 9.87. The number of hydrogen-bond donors (Lipinski definition) is 1. The highest BCUT2D eigenvalue weighted by Crippen LogP contribution is 2.28. The van der Waals surface area contributed by atoms with Crippen molar-refractivity contribution >= 4 is 16.9 Å². The van der Waals surface area contributed by atoms with E-state index in [9.17, 15) is 4.79 Å². The molecule has 1 saturated carbocycles. The third-order valence-electron chi connectivity index (χ3n) is 5.31. The fraction of sp³-hybridized carbons (Fsp3) is 0.619. The maximum absolute atomic E-state index is 12.2. The molecule has 136 valence electrons. The van der Waals surface area contributed by atoms with Crippen LogP contribution >= 0.6 is 0 Å². The topological polar surface area (TPSA) is 46.9 Å². The van der Waals surface area contributed by atoms with E-state index in [1.54, 1.807) is 0 Å².